The van der Waals surface area contributed by atoms with E-state index in [-0.39, 0.29) is 12.1 Å². The van der Waals surface area contributed by atoms with Crippen molar-refractivity contribution in [3.8, 4) is 0 Å². The third kappa shape index (κ3) is 4.91. The second-order valence-electron chi connectivity index (χ2n) is 5.22. The monoisotopic (exact) mass is 262 g/mol. The normalized spacial score (nSPS) is 22.8. The molecule has 3 N–H and O–H groups in total. The first kappa shape index (κ1) is 13.9. The third-order valence-corrected chi connectivity index (χ3v) is 3.66. The van der Waals surface area contributed by atoms with Gasteiger partial charge in [0, 0.05) is 13.1 Å². The average Bonchev–Trinajstić information content (AvgIpc) is 2.45. The molecule has 0 heterocycles. The Labute approximate surface area is 114 Å². The van der Waals surface area contributed by atoms with E-state index in [2.05, 4.69) is 10.6 Å². The summed E-state index contributed by atoms with van der Waals surface area (Å²) < 4.78 is 0. The number of carbonyl (C=O) groups excluding carboxylic acids is 1. The summed E-state index contributed by atoms with van der Waals surface area (Å²) >= 11 is 0. The van der Waals surface area contributed by atoms with Crippen LogP contribution in [-0.4, -0.2) is 23.8 Å². The van der Waals surface area contributed by atoms with Gasteiger partial charge in [-0.2, -0.15) is 0 Å². The summed E-state index contributed by atoms with van der Waals surface area (Å²) in [6.45, 7) is 1.25. The first-order valence-electron chi connectivity index (χ1n) is 6.97. The van der Waals surface area contributed by atoms with Crippen molar-refractivity contribution < 1.29 is 9.90 Å². The van der Waals surface area contributed by atoms with E-state index < -0.39 is 0 Å². The molecule has 2 amide bonds. The lowest BCUT2D eigenvalue weighted by molar-refractivity contribution is 0.109. The SMILES string of the molecule is O=C(NCc1ccccc1)NCC1CCC(O)CC1. The Bertz CT molecular complexity index is 386. The van der Waals surface area contributed by atoms with Gasteiger partial charge in [-0.1, -0.05) is 30.3 Å². The van der Waals surface area contributed by atoms with Crippen molar-refractivity contribution in [2.75, 3.05) is 6.54 Å². The van der Waals surface area contributed by atoms with Crippen molar-refractivity contribution in [2.45, 2.75) is 38.3 Å². The minimum atomic E-state index is -0.136. The predicted molar refractivity (Wildman–Crippen MR) is 74.6 cm³/mol. The van der Waals surface area contributed by atoms with Gasteiger partial charge in [-0.3, -0.25) is 0 Å². The van der Waals surface area contributed by atoms with E-state index in [4.69, 9.17) is 0 Å². The van der Waals surface area contributed by atoms with E-state index in [1.165, 1.54) is 0 Å². The summed E-state index contributed by atoms with van der Waals surface area (Å²) in [5.41, 5.74) is 1.10. The highest BCUT2D eigenvalue weighted by atomic mass is 16.3. The zero-order valence-electron chi connectivity index (χ0n) is 11.1. The molecule has 0 unspecified atom stereocenters. The lowest BCUT2D eigenvalue weighted by Crippen LogP contribution is -2.38. The van der Waals surface area contributed by atoms with Crippen molar-refractivity contribution in [1.82, 2.24) is 10.6 Å². The fourth-order valence-electron chi connectivity index (χ4n) is 2.43. The van der Waals surface area contributed by atoms with Gasteiger partial charge < -0.3 is 15.7 Å². The van der Waals surface area contributed by atoms with E-state index in [0.717, 1.165) is 31.2 Å². The lowest BCUT2D eigenvalue weighted by Gasteiger charge is -2.25. The van der Waals surface area contributed by atoms with Gasteiger partial charge in [0.15, 0.2) is 0 Å². The van der Waals surface area contributed by atoms with Gasteiger partial charge in [0.05, 0.1) is 6.10 Å². The molecular formula is C15H22N2O2. The first-order chi connectivity index (χ1) is 9.24. The van der Waals surface area contributed by atoms with Crippen LogP contribution in [0.5, 0.6) is 0 Å². The molecule has 1 aliphatic carbocycles. The van der Waals surface area contributed by atoms with Crippen LogP contribution in [-0.2, 0) is 6.54 Å². The standard InChI is InChI=1S/C15H22N2O2/c18-14-8-6-13(7-9-14)11-17-15(19)16-10-12-4-2-1-3-5-12/h1-5,13-14,18H,6-11H2,(H2,16,17,19). The van der Waals surface area contributed by atoms with Crippen molar-refractivity contribution in [3.05, 3.63) is 35.9 Å². The molecule has 0 aromatic heterocycles. The van der Waals surface area contributed by atoms with Gasteiger partial charge in [0.2, 0.25) is 0 Å². The zero-order valence-corrected chi connectivity index (χ0v) is 11.1. The molecule has 0 bridgehead atoms. The highest BCUT2D eigenvalue weighted by Crippen LogP contribution is 2.23. The van der Waals surface area contributed by atoms with Gasteiger partial charge in [0.1, 0.15) is 0 Å². The van der Waals surface area contributed by atoms with Crippen molar-refractivity contribution in [3.63, 3.8) is 0 Å². The highest BCUT2D eigenvalue weighted by molar-refractivity contribution is 5.73. The molecule has 0 aliphatic heterocycles. The lowest BCUT2D eigenvalue weighted by atomic mass is 9.87. The summed E-state index contributed by atoms with van der Waals surface area (Å²) in [5.74, 6) is 0.505. The second-order valence-corrected chi connectivity index (χ2v) is 5.22. The first-order valence-corrected chi connectivity index (χ1v) is 6.97. The molecule has 4 nitrogen and oxygen atoms in total. The number of carbonyl (C=O) groups is 1. The van der Waals surface area contributed by atoms with Crippen LogP contribution < -0.4 is 10.6 Å². The number of hydrogen-bond acceptors (Lipinski definition) is 2. The molecule has 0 atom stereocenters. The van der Waals surface area contributed by atoms with Crippen molar-refractivity contribution in [1.29, 1.82) is 0 Å². The van der Waals surface area contributed by atoms with Gasteiger partial charge >= 0.3 is 6.03 Å². The summed E-state index contributed by atoms with van der Waals surface area (Å²) in [6.07, 6.45) is 3.58. The van der Waals surface area contributed by atoms with Crippen molar-refractivity contribution in [2.24, 2.45) is 5.92 Å². The topological polar surface area (TPSA) is 61.4 Å². The number of aliphatic hydroxyl groups excluding tert-OH is 1. The maximum absolute atomic E-state index is 11.7. The number of urea groups is 1. The average molecular weight is 262 g/mol. The van der Waals surface area contributed by atoms with Crippen LogP contribution in [0.15, 0.2) is 30.3 Å². The second kappa shape index (κ2) is 7.14. The molecule has 104 valence electrons. The number of hydrogen-bond donors (Lipinski definition) is 3. The zero-order chi connectivity index (χ0) is 13.5. The quantitative estimate of drug-likeness (QED) is 0.777. The molecule has 0 saturated heterocycles. The predicted octanol–water partition coefficient (Wildman–Crippen LogP) is 2.04. The Morgan fingerprint density at radius 1 is 1.11 bits per heavy atom. The Hall–Kier alpha value is -1.55. The largest absolute Gasteiger partial charge is 0.393 e. The van der Waals surface area contributed by atoms with E-state index in [9.17, 15) is 9.90 Å². The molecule has 4 heteroatoms. The smallest absolute Gasteiger partial charge is 0.315 e. The van der Waals surface area contributed by atoms with E-state index >= 15 is 0 Å². The summed E-state index contributed by atoms with van der Waals surface area (Å²) in [5, 5.41) is 15.2. The fraction of sp³-hybridized carbons (Fsp3) is 0.533. The van der Waals surface area contributed by atoms with Crippen molar-refractivity contribution >= 4 is 6.03 Å². The molecule has 1 fully saturated rings. The Kier molecular flexibility index (Phi) is 5.21. The molecule has 0 spiro atoms. The number of nitrogens with one attached hydrogen (secondary N) is 2. The number of benzene rings is 1. The Morgan fingerprint density at radius 2 is 1.79 bits per heavy atom. The van der Waals surface area contributed by atoms with E-state index in [0.29, 0.717) is 19.0 Å². The minimum Gasteiger partial charge on any atom is -0.393 e. The van der Waals surface area contributed by atoms with Gasteiger partial charge in [-0.15, -0.1) is 0 Å². The van der Waals surface area contributed by atoms with Crippen LogP contribution in [0, 0.1) is 5.92 Å². The molecule has 0 radical (unpaired) electrons. The Balaban J connectivity index is 1.62. The van der Waals surface area contributed by atoms with E-state index in [1.54, 1.807) is 0 Å². The van der Waals surface area contributed by atoms with Crippen LogP contribution in [0.1, 0.15) is 31.2 Å². The molecule has 19 heavy (non-hydrogen) atoms. The molecule has 1 aromatic carbocycles. The van der Waals surface area contributed by atoms with Gasteiger partial charge in [0.25, 0.3) is 0 Å². The highest BCUT2D eigenvalue weighted by Gasteiger charge is 2.19. The summed E-state index contributed by atoms with van der Waals surface area (Å²) in [7, 11) is 0. The molecule has 1 saturated carbocycles. The molecule has 1 aromatic rings. The minimum absolute atomic E-state index is 0.116. The number of aliphatic hydroxyl groups is 1. The van der Waals surface area contributed by atoms with E-state index in [1.807, 2.05) is 30.3 Å². The van der Waals surface area contributed by atoms with Crippen LogP contribution in [0.2, 0.25) is 0 Å². The Morgan fingerprint density at radius 3 is 2.47 bits per heavy atom. The maximum Gasteiger partial charge on any atom is 0.315 e. The summed E-state index contributed by atoms with van der Waals surface area (Å²) in [6, 6.07) is 9.74. The number of rotatable bonds is 4. The third-order valence-electron chi connectivity index (χ3n) is 3.66. The molecule has 1 aliphatic rings. The van der Waals surface area contributed by atoms with Gasteiger partial charge in [-0.05, 0) is 37.2 Å². The van der Waals surface area contributed by atoms with Crippen LogP contribution >= 0.6 is 0 Å². The molecule has 2 rings (SSSR count). The molecular weight excluding hydrogens is 240 g/mol. The van der Waals surface area contributed by atoms with Crippen LogP contribution in [0.4, 0.5) is 4.79 Å². The van der Waals surface area contributed by atoms with Crippen LogP contribution in [0.3, 0.4) is 0 Å². The fourth-order valence-corrected chi connectivity index (χ4v) is 2.43. The summed E-state index contributed by atoms with van der Waals surface area (Å²) in [4.78, 5) is 11.7. The van der Waals surface area contributed by atoms with Gasteiger partial charge in [-0.25, -0.2) is 4.79 Å². The maximum atomic E-state index is 11.7. The number of amides is 2. The van der Waals surface area contributed by atoms with Crippen LogP contribution in [0.25, 0.3) is 0 Å².